The standard InChI is InChI=1S/C11H12FNO4/c1-2-7(10(13)14)17-8-5-3-4-6(12)9(8)11(15)16/h3-5,7H,2H2,1H3,(H2,13,14)(H,15,16). The van der Waals surface area contributed by atoms with Crippen molar-refractivity contribution in [1.29, 1.82) is 0 Å². The van der Waals surface area contributed by atoms with Gasteiger partial charge in [-0.2, -0.15) is 0 Å². The van der Waals surface area contributed by atoms with Gasteiger partial charge < -0.3 is 15.6 Å². The summed E-state index contributed by atoms with van der Waals surface area (Å²) in [5.74, 6) is -3.32. The van der Waals surface area contributed by atoms with Crippen LogP contribution in [0.2, 0.25) is 0 Å². The van der Waals surface area contributed by atoms with Gasteiger partial charge in [0.2, 0.25) is 0 Å². The summed E-state index contributed by atoms with van der Waals surface area (Å²) in [5, 5.41) is 8.83. The number of halogens is 1. The number of benzene rings is 1. The van der Waals surface area contributed by atoms with Crippen LogP contribution in [-0.2, 0) is 4.79 Å². The number of rotatable bonds is 5. The zero-order chi connectivity index (χ0) is 13.0. The van der Waals surface area contributed by atoms with Crippen LogP contribution in [0.1, 0.15) is 23.7 Å². The molecule has 0 aromatic heterocycles. The Morgan fingerprint density at radius 2 is 2.18 bits per heavy atom. The summed E-state index contributed by atoms with van der Waals surface area (Å²) >= 11 is 0. The van der Waals surface area contributed by atoms with Crippen LogP contribution in [0.15, 0.2) is 18.2 Å². The molecule has 0 radical (unpaired) electrons. The van der Waals surface area contributed by atoms with Crippen LogP contribution in [0.3, 0.4) is 0 Å². The van der Waals surface area contributed by atoms with Gasteiger partial charge in [-0.3, -0.25) is 4.79 Å². The fourth-order valence-electron chi connectivity index (χ4n) is 1.31. The van der Waals surface area contributed by atoms with Gasteiger partial charge in [-0.1, -0.05) is 13.0 Å². The van der Waals surface area contributed by atoms with Crippen molar-refractivity contribution in [3.05, 3.63) is 29.6 Å². The number of primary amides is 1. The summed E-state index contributed by atoms with van der Waals surface area (Å²) in [6.07, 6.45) is -0.708. The second-order valence-corrected chi connectivity index (χ2v) is 3.34. The molecule has 0 heterocycles. The van der Waals surface area contributed by atoms with E-state index in [-0.39, 0.29) is 12.2 Å². The third-order valence-corrected chi connectivity index (χ3v) is 2.15. The minimum Gasteiger partial charge on any atom is -0.480 e. The van der Waals surface area contributed by atoms with Gasteiger partial charge in [0, 0.05) is 0 Å². The minimum absolute atomic E-state index is 0.205. The van der Waals surface area contributed by atoms with E-state index in [0.717, 1.165) is 6.07 Å². The van der Waals surface area contributed by atoms with Crippen molar-refractivity contribution in [2.75, 3.05) is 0 Å². The van der Waals surface area contributed by atoms with E-state index in [4.69, 9.17) is 15.6 Å². The molecule has 92 valence electrons. The predicted octanol–water partition coefficient (Wildman–Crippen LogP) is 1.17. The summed E-state index contributed by atoms with van der Waals surface area (Å²) in [6.45, 7) is 1.65. The smallest absolute Gasteiger partial charge is 0.342 e. The molecule has 0 spiro atoms. The molecule has 0 bridgehead atoms. The number of hydrogen-bond donors (Lipinski definition) is 2. The molecule has 1 aromatic carbocycles. The molecule has 0 aliphatic carbocycles. The molecule has 1 aromatic rings. The molecule has 0 aliphatic heterocycles. The minimum atomic E-state index is -1.46. The number of carboxylic acid groups (broad SMARTS) is 1. The van der Waals surface area contributed by atoms with Crippen molar-refractivity contribution < 1.29 is 23.8 Å². The number of amides is 1. The van der Waals surface area contributed by atoms with Crippen molar-refractivity contribution in [2.24, 2.45) is 5.73 Å². The van der Waals surface area contributed by atoms with E-state index in [0.29, 0.717) is 0 Å². The summed E-state index contributed by atoms with van der Waals surface area (Å²) in [5.41, 5.74) is 4.45. The lowest BCUT2D eigenvalue weighted by atomic mass is 10.2. The van der Waals surface area contributed by atoms with E-state index >= 15 is 0 Å². The fourth-order valence-corrected chi connectivity index (χ4v) is 1.31. The van der Waals surface area contributed by atoms with Crippen molar-refractivity contribution >= 4 is 11.9 Å². The third-order valence-electron chi connectivity index (χ3n) is 2.15. The first-order valence-corrected chi connectivity index (χ1v) is 4.95. The zero-order valence-corrected chi connectivity index (χ0v) is 9.14. The molecule has 1 unspecified atom stereocenters. The Morgan fingerprint density at radius 3 is 2.65 bits per heavy atom. The van der Waals surface area contributed by atoms with E-state index in [2.05, 4.69) is 0 Å². The number of aromatic carboxylic acids is 1. The molecule has 0 saturated carbocycles. The molecule has 5 nitrogen and oxygen atoms in total. The molecule has 6 heteroatoms. The lowest BCUT2D eigenvalue weighted by Crippen LogP contribution is -2.33. The number of carbonyl (C=O) groups is 2. The van der Waals surface area contributed by atoms with Gasteiger partial charge in [0.25, 0.3) is 5.91 Å². The topological polar surface area (TPSA) is 89.6 Å². The maximum atomic E-state index is 13.3. The first kappa shape index (κ1) is 13.0. The molecule has 1 atom stereocenters. The Kier molecular flexibility index (Phi) is 4.03. The van der Waals surface area contributed by atoms with E-state index in [1.807, 2.05) is 0 Å². The number of hydrogen-bond acceptors (Lipinski definition) is 3. The molecule has 17 heavy (non-hydrogen) atoms. The van der Waals surface area contributed by atoms with E-state index < -0.39 is 29.4 Å². The number of ether oxygens (including phenoxy) is 1. The molecule has 1 amide bonds. The summed E-state index contributed by atoms with van der Waals surface area (Å²) in [7, 11) is 0. The molecule has 0 saturated heterocycles. The van der Waals surface area contributed by atoms with Gasteiger partial charge in [-0.15, -0.1) is 0 Å². The Balaban J connectivity index is 3.10. The van der Waals surface area contributed by atoms with Crippen molar-refractivity contribution in [3.63, 3.8) is 0 Å². The van der Waals surface area contributed by atoms with Gasteiger partial charge in [0.05, 0.1) is 0 Å². The Morgan fingerprint density at radius 1 is 1.53 bits per heavy atom. The highest BCUT2D eigenvalue weighted by Crippen LogP contribution is 2.23. The highest BCUT2D eigenvalue weighted by Gasteiger charge is 2.21. The highest BCUT2D eigenvalue weighted by atomic mass is 19.1. The van der Waals surface area contributed by atoms with Crippen LogP contribution in [0.4, 0.5) is 4.39 Å². The second-order valence-electron chi connectivity index (χ2n) is 3.34. The molecule has 3 N–H and O–H groups in total. The quantitative estimate of drug-likeness (QED) is 0.809. The SMILES string of the molecule is CCC(Oc1cccc(F)c1C(=O)O)C(N)=O. The van der Waals surface area contributed by atoms with Crippen molar-refractivity contribution in [1.82, 2.24) is 0 Å². The molecule has 0 aliphatic rings. The van der Waals surface area contributed by atoms with E-state index in [1.165, 1.54) is 12.1 Å². The lowest BCUT2D eigenvalue weighted by Gasteiger charge is -2.15. The number of nitrogens with two attached hydrogens (primary N) is 1. The first-order valence-electron chi connectivity index (χ1n) is 4.95. The lowest BCUT2D eigenvalue weighted by molar-refractivity contribution is -0.124. The summed E-state index contributed by atoms with van der Waals surface area (Å²) in [4.78, 5) is 21.8. The Labute approximate surface area is 97.0 Å². The number of carbonyl (C=O) groups excluding carboxylic acids is 1. The fraction of sp³-hybridized carbons (Fsp3) is 0.273. The summed E-state index contributed by atoms with van der Waals surface area (Å²) < 4.78 is 18.4. The second kappa shape index (κ2) is 5.29. The monoisotopic (exact) mass is 241 g/mol. The molecular formula is C11H12FNO4. The largest absolute Gasteiger partial charge is 0.480 e. The zero-order valence-electron chi connectivity index (χ0n) is 9.14. The van der Waals surface area contributed by atoms with Crippen LogP contribution in [0.25, 0.3) is 0 Å². The molecule has 1 rings (SSSR count). The van der Waals surface area contributed by atoms with Crippen LogP contribution in [0, 0.1) is 5.82 Å². The van der Waals surface area contributed by atoms with Crippen LogP contribution in [-0.4, -0.2) is 23.1 Å². The van der Waals surface area contributed by atoms with Gasteiger partial charge in [-0.05, 0) is 18.6 Å². The number of carboxylic acids is 1. The van der Waals surface area contributed by atoms with Crippen LogP contribution in [0.5, 0.6) is 5.75 Å². The predicted molar refractivity (Wildman–Crippen MR) is 57.3 cm³/mol. The van der Waals surface area contributed by atoms with Crippen LogP contribution < -0.4 is 10.5 Å². The van der Waals surface area contributed by atoms with E-state index in [9.17, 15) is 14.0 Å². The maximum absolute atomic E-state index is 13.3. The maximum Gasteiger partial charge on any atom is 0.342 e. The van der Waals surface area contributed by atoms with Gasteiger partial charge in [0.1, 0.15) is 17.1 Å². The average Bonchev–Trinajstić information content (AvgIpc) is 2.24. The molecular weight excluding hydrogens is 229 g/mol. The van der Waals surface area contributed by atoms with Gasteiger partial charge in [-0.25, -0.2) is 9.18 Å². The highest BCUT2D eigenvalue weighted by molar-refractivity contribution is 5.91. The first-order chi connectivity index (χ1) is 7.97. The van der Waals surface area contributed by atoms with Crippen molar-refractivity contribution in [3.8, 4) is 5.75 Å². The third kappa shape index (κ3) is 2.93. The average molecular weight is 241 g/mol. The van der Waals surface area contributed by atoms with E-state index in [1.54, 1.807) is 6.92 Å². The Hall–Kier alpha value is -2.11. The van der Waals surface area contributed by atoms with Crippen molar-refractivity contribution in [2.45, 2.75) is 19.4 Å². The van der Waals surface area contributed by atoms with Gasteiger partial charge >= 0.3 is 5.97 Å². The molecule has 0 fully saturated rings. The van der Waals surface area contributed by atoms with Gasteiger partial charge in [0.15, 0.2) is 6.10 Å². The Bertz CT molecular complexity index is 447. The summed E-state index contributed by atoms with van der Waals surface area (Å²) in [6, 6.07) is 3.57. The normalized spacial score (nSPS) is 11.9. The van der Waals surface area contributed by atoms with Crippen LogP contribution >= 0.6 is 0 Å².